The molecule has 0 aromatic heterocycles. The molecule has 0 saturated heterocycles. The first-order valence-corrected chi connectivity index (χ1v) is 7.33. The Morgan fingerprint density at radius 1 is 1.17 bits per heavy atom. The van der Waals surface area contributed by atoms with Gasteiger partial charge in [0.25, 0.3) is 5.91 Å². The molecule has 0 spiro atoms. The molecule has 1 N–H and O–H groups in total. The molecule has 0 heterocycles. The quantitative estimate of drug-likeness (QED) is 0.827. The lowest BCUT2D eigenvalue weighted by Gasteiger charge is -2.09. The third-order valence-corrected chi connectivity index (χ3v) is 3.46. The van der Waals surface area contributed by atoms with Gasteiger partial charge >= 0.3 is 5.97 Å². The van der Waals surface area contributed by atoms with Gasteiger partial charge in [0, 0.05) is 6.54 Å². The Labute approximate surface area is 139 Å². The van der Waals surface area contributed by atoms with Crippen molar-refractivity contribution >= 4 is 11.9 Å². The highest BCUT2D eigenvalue weighted by atomic mass is 19.1. The number of esters is 1. The van der Waals surface area contributed by atoms with Crippen molar-refractivity contribution in [2.24, 2.45) is 0 Å². The van der Waals surface area contributed by atoms with Crippen LogP contribution in [-0.4, -0.2) is 25.6 Å². The molecule has 126 valence electrons. The summed E-state index contributed by atoms with van der Waals surface area (Å²) in [6, 6.07) is 11.3. The summed E-state index contributed by atoms with van der Waals surface area (Å²) in [5.41, 5.74) is 2.05. The number of hydrogen-bond donors (Lipinski definition) is 1. The monoisotopic (exact) mass is 331 g/mol. The zero-order chi connectivity index (χ0) is 17.5. The maximum atomic E-state index is 13.5. The first kappa shape index (κ1) is 17.5. The van der Waals surface area contributed by atoms with E-state index in [2.05, 4.69) is 5.32 Å². The summed E-state index contributed by atoms with van der Waals surface area (Å²) in [7, 11) is 1.33. The molecule has 1 amide bonds. The highest BCUT2D eigenvalue weighted by molar-refractivity contribution is 5.91. The molecule has 0 atom stereocenters. The molecule has 0 aliphatic rings. The van der Waals surface area contributed by atoms with Crippen LogP contribution in [0, 0.1) is 12.7 Å². The molecule has 0 bridgehead atoms. The van der Waals surface area contributed by atoms with Crippen LogP contribution in [-0.2, 0) is 16.1 Å². The third-order valence-electron chi connectivity index (χ3n) is 3.46. The van der Waals surface area contributed by atoms with Crippen LogP contribution in [0.4, 0.5) is 4.39 Å². The molecule has 5 nitrogen and oxygen atoms in total. The van der Waals surface area contributed by atoms with Gasteiger partial charge in [0.1, 0.15) is 0 Å². The molecule has 0 saturated carbocycles. The SMILES string of the molecule is COc1ccc(C(=O)OCC(=O)NCc2ccccc2C)cc1F. The van der Waals surface area contributed by atoms with Crippen molar-refractivity contribution in [1.82, 2.24) is 5.32 Å². The summed E-state index contributed by atoms with van der Waals surface area (Å²) < 4.78 is 23.2. The van der Waals surface area contributed by atoms with Gasteiger partial charge in [0.2, 0.25) is 0 Å². The maximum absolute atomic E-state index is 13.5. The molecule has 2 rings (SSSR count). The number of amides is 1. The Hall–Kier alpha value is -2.89. The average molecular weight is 331 g/mol. The smallest absolute Gasteiger partial charge is 0.338 e. The minimum atomic E-state index is -0.775. The van der Waals surface area contributed by atoms with E-state index in [9.17, 15) is 14.0 Å². The number of carbonyl (C=O) groups is 2. The number of hydrogen-bond acceptors (Lipinski definition) is 4. The van der Waals surface area contributed by atoms with Crippen LogP contribution in [0.1, 0.15) is 21.5 Å². The minimum Gasteiger partial charge on any atom is -0.494 e. The van der Waals surface area contributed by atoms with Crippen molar-refractivity contribution in [2.45, 2.75) is 13.5 Å². The molecule has 0 aliphatic carbocycles. The van der Waals surface area contributed by atoms with E-state index in [1.165, 1.54) is 19.2 Å². The van der Waals surface area contributed by atoms with E-state index in [1.807, 2.05) is 31.2 Å². The van der Waals surface area contributed by atoms with E-state index in [0.717, 1.165) is 17.2 Å². The minimum absolute atomic E-state index is 0.0139. The molecule has 2 aromatic rings. The number of benzene rings is 2. The van der Waals surface area contributed by atoms with Gasteiger partial charge < -0.3 is 14.8 Å². The molecular weight excluding hydrogens is 313 g/mol. The van der Waals surface area contributed by atoms with Crippen LogP contribution in [0.2, 0.25) is 0 Å². The Morgan fingerprint density at radius 3 is 2.58 bits per heavy atom. The lowest BCUT2D eigenvalue weighted by Crippen LogP contribution is -2.28. The largest absolute Gasteiger partial charge is 0.494 e. The second-order valence-corrected chi connectivity index (χ2v) is 5.13. The van der Waals surface area contributed by atoms with Gasteiger partial charge in [0.05, 0.1) is 12.7 Å². The zero-order valence-electron chi connectivity index (χ0n) is 13.5. The predicted molar refractivity (Wildman–Crippen MR) is 86.3 cm³/mol. The normalized spacial score (nSPS) is 10.1. The summed E-state index contributed by atoms with van der Waals surface area (Å²) in [4.78, 5) is 23.6. The predicted octanol–water partition coefficient (Wildman–Crippen LogP) is 2.62. The number of methoxy groups -OCH3 is 1. The summed E-state index contributed by atoms with van der Waals surface area (Å²) >= 11 is 0. The molecule has 0 fully saturated rings. The van der Waals surface area contributed by atoms with Gasteiger partial charge in [-0.15, -0.1) is 0 Å². The van der Waals surface area contributed by atoms with E-state index >= 15 is 0 Å². The second kappa shape index (κ2) is 8.10. The van der Waals surface area contributed by atoms with Crippen LogP contribution >= 0.6 is 0 Å². The number of rotatable bonds is 6. The first-order chi connectivity index (χ1) is 11.5. The Balaban J connectivity index is 1.84. The van der Waals surface area contributed by atoms with Crippen molar-refractivity contribution in [2.75, 3.05) is 13.7 Å². The lowest BCUT2D eigenvalue weighted by molar-refractivity contribution is -0.124. The Morgan fingerprint density at radius 2 is 1.92 bits per heavy atom. The summed E-state index contributed by atoms with van der Waals surface area (Å²) in [5.74, 6) is -1.85. The van der Waals surface area contributed by atoms with Gasteiger partial charge in [-0.25, -0.2) is 9.18 Å². The molecule has 0 aliphatic heterocycles. The summed E-state index contributed by atoms with van der Waals surface area (Å²) in [5, 5.41) is 2.67. The molecule has 24 heavy (non-hydrogen) atoms. The van der Waals surface area contributed by atoms with Crippen molar-refractivity contribution in [3.63, 3.8) is 0 Å². The molecule has 6 heteroatoms. The zero-order valence-corrected chi connectivity index (χ0v) is 13.5. The third kappa shape index (κ3) is 4.55. The van der Waals surface area contributed by atoms with Crippen molar-refractivity contribution < 1.29 is 23.5 Å². The average Bonchev–Trinajstić information content (AvgIpc) is 2.58. The van der Waals surface area contributed by atoms with Gasteiger partial charge in [0.15, 0.2) is 18.2 Å². The number of nitrogens with one attached hydrogen (secondary N) is 1. The second-order valence-electron chi connectivity index (χ2n) is 5.13. The van der Waals surface area contributed by atoms with E-state index in [0.29, 0.717) is 6.54 Å². The van der Waals surface area contributed by atoms with E-state index in [-0.39, 0.29) is 11.3 Å². The van der Waals surface area contributed by atoms with Crippen LogP contribution in [0.5, 0.6) is 5.75 Å². The fraction of sp³-hybridized carbons (Fsp3) is 0.222. The van der Waals surface area contributed by atoms with Crippen molar-refractivity contribution in [3.8, 4) is 5.75 Å². The van der Waals surface area contributed by atoms with Crippen LogP contribution in [0.25, 0.3) is 0 Å². The van der Waals surface area contributed by atoms with Gasteiger partial charge in [-0.05, 0) is 36.2 Å². The number of carbonyl (C=O) groups excluding carboxylic acids is 2. The molecular formula is C18H18FNO4. The highest BCUT2D eigenvalue weighted by Crippen LogP contribution is 2.18. The van der Waals surface area contributed by atoms with Crippen LogP contribution in [0.3, 0.4) is 0 Å². The number of ether oxygens (including phenoxy) is 2. The summed E-state index contributed by atoms with van der Waals surface area (Å²) in [6.45, 7) is 1.86. The fourth-order valence-corrected chi connectivity index (χ4v) is 2.06. The number of halogens is 1. The van der Waals surface area contributed by atoms with Gasteiger partial charge in [-0.2, -0.15) is 0 Å². The standard InChI is InChI=1S/C18H18FNO4/c1-12-5-3-4-6-14(12)10-20-17(21)11-24-18(22)13-7-8-16(23-2)15(19)9-13/h3-9H,10-11H2,1-2H3,(H,20,21). The molecule has 0 unspecified atom stereocenters. The van der Waals surface area contributed by atoms with Gasteiger partial charge in [-0.1, -0.05) is 24.3 Å². The fourth-order valence-electron chi connectivity index (χ4n) is 2.06. The van der Waals surface area contributed by atoms with Crippen LogP contribution < -0.4 is 10.1 Å². The lowest BCUT2D eigenvalue weighted by atomic mass is 10.1. The topological polar surface area (TPSA) is 64.6 Å². The highest BCUT2D eigenvalue weighted by Gasteiger charge is 2.13. The Kier molecular flexibility index (Phi) is 5.89. The van der Waals surface area contributed by atoms with Crippen molar-refractivity contribution in [1.29, 1.82) is 0 Å². The molecule has 0 radical (unpaired) electrons. The first-order valence-electron chi connectivity index (χ1n) is 7.33. The molecule has 2 aromatic carbocycles. The maximum Gasteiger partial charge on any atom is 0.338 e. The van der Waals surface area contributed by atoms with Gasteiger partial charge in [-0.3, -0.25) is 4.79 Å². The van der Waals surface area contributed by atoms with E-state index in [1.54, 1.807) is 0 Å². The van der Waals surface area contributed by atoms with E-state index < -0.39 is 24.3 Å². The van der Waals surface area contributed by atoms with Crippen LogP contribution in [0.15, 0.2) is 42.5 Å². The van der Waals surface area contributed by atoms with Crippen molar-refractivity contribution in [3.05, 3.63) is 65.0 Å². The number of aryl methyl sites for hydroxylation is 1. The Bertz CT molecular complexity index is 746. The van der Waals surface area contributed by atoms with E-state index in [4.69, 9.17) is 9.47 Å². The summed E-state index contributed by atoms with van der Waals surface area (Å²) in [6.07, 6.45) is 0.